The highest BCUT2D eigenvalue weighted by molar-refractivity contribution is 5.83. The molecular weight excluding hydrogens is 422 g/mol. The summed E-state index contributed by atoms with van der Waals surface area (Å²) in [7, 11) is 1.60. The molecule has 3 heterocycles. The predicted octanol–water partition coefficient (Wildman–Crippen LogP) is 3.12. The number of nitrogens with zero attached hydrogens (tertiary/aromatic N) is 3. The van der Waals surface area contributed by atoms with Crippen molar-refractivity contribution in [1.82, 2.24) is 14.9 Å². The van der Waals surface area contributed by atoms with Crippen LogP contribution in [0.2, 0.25) is 0 Å². The number of aliphatic hydroxyl groups is 1. The fraction of sp³-hybridized carbons (Fsp3) is 0.400. The van der Waals surface area contributed by atoms with Gasteiger partial charge in [-0.25, -0.2) is 4.98 Å². The molecule has 0 spiro atoms. The molecule has 2 aromatic heterocycles. The summed E-state index contributed by atoms with van der Waals surface area (Å²) in [6.07, 6.45) is 5.84. The van der Waals surface area contributed by atoms with Crippen LogP contribution in [0.5, 0.6) is 5.75 Å². The van der Waals surface area contributed by atoms with Crippen LogP contribution in [-0.4, -0.2) is 57.8 Å². The first-order valence-corrected chi connectivity index (χ1v) is 11.0. The van der Waals surface area contributed by atoms with E-state index in [0.29, 0.717) is 37.6 Å². The summed E-state index contributed by atoms with van der Waals surface area (Å²) in [5.41, 5.74) is 1.57. The third kappa shape index (κ3) is 5.51. The Balaban J connectivity index is 1.38. The molecule has 2 N–H and O–H groups in total. The normalized spacial score (nSPS) is 19.6. The van der Waals surface area contributed by atoms with Crippen LogP contribution in [0.1, 0.15) is 36.8 Å². The Bertz CT molecular complexity index is 1150. The first-order valence-electron chi connectivity index (χ1n) is 11.0. The SMILES string of the molecule is COc1ccc2nccc(C(O)CC[C@@H]3CCN(CC#Cc4ncco4)C[C@@H]3C(=O)O)c2c1. The number of hydrogen-bond acceptors (Lipinski definition) is 7. The van der Waals surface area contributed by atoms with Crippen LogP contribution in [0.4, 0.5) is 0 Å². The number of aliphatic hydroxyl groups excluding tert-OH is 1. The van der Waals surface area contributed by atoms with E-state index < -0.39 is 18.0 Å². The number of rotatable bonds is 7. The average Bonchev–Trinajstić information content (AvgIpc) is 3.35. The van der Waals surface area contributed by atoms with Gasteiger partial charge in [0.1, 0.15) is 12.0 Å². The van der Waals surface area contributed by atoms with Gasteiger partial charge >= 0.3 is 5.97 Å². The van der Waals surface area contributed by atoms with Gasteiger partial charge in [-0.3, -0.25) is 14.7 Å². The van der Waals surface area contributed by atoms with E-state index in [1.165, 1.54) is 12.5 Å². The number of carbonyl (C=O) groups is 1. The molecule has 1 saturated heterocycles. The molecule has 8 nitrogen and oxygen atoms in total. The molecule has 3 atom stereocenters. The fourth-order valence-electron chi connectivity index (χ4n) is 4.44. The lowest BCUT2D eigenvalue weighted by molar-refractivity contribution is -0.146. The first kappa shape index (κ1) is 22.8. The van der Waals surface area contributed by atoms with Crippen molar-refractivity contribution in [1.29, 1.82) is 0 Å². The second-order valence-corrected chi connectivity index (χ2v) is 8.24. The van der Waals surface area contributed by atoms with Crippen LogP contribution in [0.25, 0.3) is 10.9 Å². The molecule has 1 unspecified atom stereocenters. The highest BCUT2D eigenvalue weighted by Crippen LogP contribution is 2.33. The number of likely N-dealkylation sites (tertiary alicyclic amines) is 1. The number of carboxylic acids is 1. The molecule has 172 valence electrons. The summed E-state index contributed by atoms with van der Waals surface area (Å²) < 4.78 is 10.4. The number of carboxylic acid groups (broad SMARTS) is 1. The lowest BCUT2D eigenvalue weighted by atomic mass is 9.81. The molecule has 8 heteroatoms. The number of hydrogen-bond donors (Lipinski definition) is 2. The summed E-state index contributed by atoms with van der Waals surface area (Å²) >= 11 is 0. The van der Waals surface area contributed by atoms with Crippen LogP contribution in [-0.2, 0) is 4.79 Å². The monoisotopic (exact) mass is 449 g/mol. The van der Waals surface area contributed by atoms with Gasteiger partial charge < -0.3 is 19.4 Å². The minimum Gasteiger partial charge on any atom is -0.497 e. The van der Waals surface area contributed by atoms with Crippen molar-refractivity contribution in [3.05, 3.63) is 54.4 Å². The van der Waals surface area contributed by atoms with Crippen molar-refractivity contribution < 1.29 is 24.2 Å². The highest BCUT2D eigenvalue weighted by Gasteiger charge is 2.34. The van der Waals surface area contributed by atoms with Gasteiger partial charge in [0, 0.05) is 18.1 Å². The second kappa shape index (κ2) is 10.5. The van der Waals surface area contributed by atoms with E-state index >= 15 is 0 Å². The van der Waals surface area contributed by atoms with Crippen molar-refractivity contribution in [2.24, 2.45) is 11.8 Å². The Hall–Kier alpha value is -3.41. The molecule has 0 aliphatic carbocycles. The third-order valence-corrected chi connectivity index (χ3v) is 6.24. The highest BCUT2D eigenvalue weighted by atomic mass is 16.5. The smallest absolute Gasteiger partial charge is 0.308 e. The third-order valence-electron chi connectivity index (χ3n) is 6.24. The maximum Gasteiger partial charge on any atom is 0.308 e. The molecular formula is C25H27N3O5. The van der Waals surface area contributed by atoms with Gasteiger partial charge in [0.05, 0.1) is 37.4 Å². The minimum absolute atomic E-state index is 0.00395. The molecule has 0 radical (unpaired) electrons. The van der Waals surface area contributed by atoms with Crippen molar-refractivity contribution >= 4 is 16.9 Å². The number of methoxy groups -OCH3 is 1. The van der Waals surface area contributed by atoms with Crippen LogP contribution in [0.15, 0.2) is 47.3 Å². The van der Waals surface area contributed by atoms with Crippen LogP contribution in [0.3, 0.4) is 0 Å². The van der Waals surface area contributed by atoms with Crippen LogP contribution >= 0.6 is 0 Å². The molecule has 1 aromatic carbocycles. The van der Waals surface area contributed by atoms with E-state index in [1.807, 2.05) is 29.2 Å². The zero-order valence-corrected chi connectivity index (χ0v) is 18.5. The summed E-state index contributed by atoms with van der Waals surface area (Å²) in [4.78, 5) is 22.3. The van der Waals surface area contributed by atoms with Gasteiger partial charge in [0.25, 0.3) is 5.89 Å². The van der Waals surface area contributed by atoms with Crippen molar-refractivity contribution in [3.8, 4) is 17.6 Å². The van der Waals surface area contributed by atoms with Gasteiger partial charge in [-0.15, -0.1) is 0 Å². The number of aromatic nitrogens is 2. The molecule has 1 aliphatic heterocycles. The fourth-order valence-corrected chi connectivity index (χ4v) is 4.44. The topological polar surface area (TPSA) is 109 Å². The Morgan fingerprint density at radius 3 is 2.97 bits per heavy atom. The van der Waals surface area contributed by atoms with E-state index in [-0.39, 0.29) is 5.92 Å². The van der Waals surface area contributed by atoms with Gasteiger partial charge in [-0.2, -0.15) is 0 Å². The largest absolute Gasteiger partial charge is 0.497 e. The zero-order valence-electron chi connectivity index (χ0n) is 18.5. The Labute approximate surface area is 192 Å². The van der Waals surface area contributed by atoms with E-state index in [0.717, 1.165) is 29.4 Å². The summed E-state index contributed by atoms with van der Waals surface area (Å²) in [6.45, 7) is 1.66. The zero-order chi connectivity index (χ0) is 23.2. The van der Waals surface area contributed by atoms with Gasteiger partial charge in [0.15, 0.2) is 0 Å². The molecule has 1 aliphatic rings. The molecule has 0 bridgehead atoms. The number of piperidine rings is 1. The lowest BCUT2D eigenvalue weighted by Crippen LogP contribution is -2.44. The molecule has 0 saturated carbocycles. The van der Waals surface area contributed by atoms with Crippen molar-refractivity contribution in [2.75, 3.05) is 26.7 Å². The maximum atomic E-state index is 12.0. The van der Waals surface area contributed by atoms with Gasteiger partial charge in [-0.1, -0.05) is 5.92 Å². The van der Waals surface area contributed by atoms with Crippen molar-refractivity contribution in [3.63, 3.8) is 0 Å². The maximum absolute atomic E-state index is 12.0. The molecule has 33 heavy (non-hydrogen) atoms. The quantitative estimate of drug-likeness (QED) is 0.530. The van der Waals surface area contributed by atoms with E-state index in [4.69, 9.17) is 9.15 Å². The number of oxazole rings is 1. The van der Waals surface area contributed by atoms with Crippen molar-refractivity contribution in [2.45, 2.75) is 25.4 Å². The van der Waals surface area contributed by atoms with Gasteiger partial charge in [0.2, 0.25) is 0 Å². The summed E-state index contributed by atoms with van der Waals surface area (Å²) in [5, 5.41) is 21.6. The van der Waals surface area contributed by atoms with E-state index in [2.05, 4.69) is 21.8 Å². The number of aliphatic carboxylic acids is 1. The van der Waals surface area contributed by atoms with Crippen LogP contribution < -0.4 is 4.74 Å². The molecule has 3 aromatic rings. The summed E-state index contributed by atoms with van der Waals surface area (Å²) in [5.74, 6) is 5.60. The standard InChI is InChI=1S/C25H27N3O5/c1-32-18-5-6-22-20(15-18)19(8-10-26-22)23(29)7-4-17-9-13-28(16-21(17)25(30)31)12-2-3-24-27-11-14-33-24/h5-6,8,10-11,14-15,17,21,23,29H,4,7,9,12-13,16H2,1H3,(H,30,31)/t17-,21+,23?/m1/s1. The van der Waals surface area contributed by atoms with E-state index in [1.54, 1.807) is 13.3 Å². The summed E-state index contributed by atoms with van der Waals surface area (Å²) in [6, 6.07) is 7.40. The molecule has 0 amide bonds. The minimum atomic E-state index is -0.807. The number of ether oxygens (including phenoxy) is 1. The Morgan fingerprint density at radius 2 is 2.21 bits per heavy atom. The Morgan fingerprint density at radius 1 is 1.33 bits per heavy atom. The number of pyridine rings is 1. The number of fused-ring (bicyclic) bond motifs is 1. The second-order valence-electron chi connectivity index (χ2n) is 8.24. The first-order chi connectivity index (χ1) is 16.0. The predicted molar refractivity (Wildman–Crippen MR) is 122 cm³/mol. The number of benzene rings is 1. The molecule has 1 fully saturated rings. The lowest BCUT2D eigenvalue weighted by Gasteiger charge is -2.36. The van der Waals surface area contributed by atoms with E-state index in [9.17, 15) is 15.0 Å². The average molecular weight is 450 g/mol. The van der Waals surface area contributed by atoms with Crippen LogP contribution in [0, 0.1) is 23.7 Å². The molecule has 4 rings (SSSR count). The van der Waals surface area contributed by atoms with Gasteiger partial charge in [-0.05, 0) is 67.5 Å². The Kier molecular flexibility index (Phi) is 7.23.